The van der Waals surface area contributed by atoms with Crippen LogP contribution in [0.25, 0.3) is 10.9 Å². The van der Waals surface area contributed by atoms with Crippen molar-refractivity contribution in [1.82, 2.24) is 15.2 Å². The number of hydrogen-bond donors (Lipinski definition) is 2. The van der Waals surface area contributed by atoms with E-state index in [-0.39, 0.29) is 5.91 Å². The number of amides is 1. The molecule has 4 nitrogen and oxygen atoms in total. The van der Waals surface area contributed by atoms with E-state index in [1.54, 1.807) is 0 Å². The fourth-order valence-electron chi connectivity index (χ4n) is 2.06. The van der Waals surface area contributed by atoms with Gasteiger partial charge in [0.25, 0.3) is 0 Å². The molecule has 2 aromatic rings. The summed E-state index contributed by atoms with van der Waals surface area (Å²) in [7, 11) is 2.02. The molecule has 0 atom stereocenters. The highest BCUT2D eigenvalue weighted by Crippen LogP contribution is 2.19. The van der Waals surface area contributed by atoms with Gasteiger partial charge < -0.3 is 15.2 Å². The molecule has 0 aliphatic carbocycles. The molecule has 0 saturated carbocycles. The third kappa shape index (κ3) is 2.71. The number of benzene rings is 1. The molecule has 0 radical (unpaired) electrons. The van der Waals surface area contributed by atoms with Crippen molar-refractivity contribution in [3.05, 3.63) is 36.0 Å². The SMILES string of the molecule is CCNCC(=O)NCc1cn(C)c2ccccc12. The first-order valence-corrected chi connectivity index (χ1v) is 6.22. The van der Waals surface area contributed by atoms with E-state index in [1.807, 2.05) is 26.1 Å². The van der Waals surface area contributed by atoms with Crippen LogP contribution in [0.5, 0.6) is 0 Å². The number of nitrogens with zero attached hydrogens (tertiary/aromatic N) is 1. The third-order valence-corrected chi connectivity index (χ3v) is 2.99. The highest BCUT2D eigenvalue weighted by Gasteiger charge is 2.06. The van der Waals surface area contributed by atoms with Gasteiger partial charge in [-0.15, -0.1) is 0 Å². The number of carbonyl (C=O) groups excluding carboxylic acids is 1. The largest absolute Gasteiger partial charge is 0.351 e. The zero-order chi connectivity index (χ0) is 13.0. The molecule has 1 aromatic carbocycles. The van der Waals surface area contributed by atoms with Gasteiger partial charge in [0.05, 0.1) is 6.54 Å². The highest BCUT2D eigenvalue weighted by molar-refractivity contribution is 5.84. The average Bonchev–Trinajstić information content (AvgIpc) is 2.71. The summed E-state index contributed by atoms with van der Waals surface area (Å²) in [6.45, 7) is 3.74. The van der Waals surface area contributed by atoms with E-state index in [1.165, 1.54) is 10.9 Å². The summed E-state index contributed by atoms with van der Waals surface area (Å²) in [6, 6.07) is 8.21. The van der Waals surface area contributed by atoms with Crippen molar-refractivity contribution in [3.8, 4) is 0 Å². The quantitative estimate of drug-likeness (QED) is 0.836. The lowest BCUT2D eigenvalue weighted by atomic mass is 10.2. The molecule has 0 aliphatic heterocycles. The molecule has 96 valence electrons. The zero-order valence-corrected chi connectivity index (χ0v) is 10.9. The van der Waals surface area contributed by atoms with Gasteiger partial charge in [-0.3, -0.25) is 4.79 Å². The molecule has 0 aliphatic rings. The Hall–Kier alpha value is -1.81. The van der Waals surface area contributed by atoms with E-state index in [0.717, 1.165) is 12.1 Å². The van der Waals surface area contributed by atoms with Crippen LogP contribution in [0.4, 0.5) is 0 Å². The Kier molecular flexibility index (Phi) is 3.99. The van der Waals surface area contributed by atoms with Gasteiger partial charge in [0.2, 0.25) is 5.91 Å². The van der Waals surface area contributed by atoms with Crippen LogP contribution in [0.1, 0.15) is 12.5 Å². The maximum atomic E-state index is 11.5. The minimum absolute atomic E-state index is 0.0322. The maximum Gasteiger partial charge on any atom is 0.234 e. The summed E-state index contributed by atoms with van der Waals surface area (Å²) in [4.78, 5) is 11.5. The van der Waals surface area contributed by atoms with Crippen molar-refractivity contribution in [1.29, 1.82) is 0 Å². The van der Waals surface area contributed by atoms with Gasteiger partial charge in [-0.2, -0.15) is 0 Å². The topological polar surface area (TPSA) is 46.1 Å². The van der Waals surface area contributed by atoms with Gasteiger partial charge in [-0.25, -0.2) is 0 Å². The normalized spacial score (nSPS) is 10.8. The molecule has 0 bridgehead atoms. The summed E-state index contributed by atoms with van der Waals surface area (Å²) in [5.74, 6) is 0.0322. The van der Waals surface area contributed by atoms with Crippen LogP contribution in [-0.2, 0) is 18.4 Å². The Bertz CT molecular complexity index is 545. The molecule has 2 rings (SSSR count). The van der Waals surface area contributed by atoms with Crippen LogP contribution in [0.15, 0.2) is 30.5 Å². The van der Waals surface area contributed by atoms with Crippen LogP contribution in [0.3, 0.4) is 0 Å². The molecule has 1 amide bonds. The van der Waals surface area contributed by atoms with Crippen LogP contribution >= 0.6 is 0 Å². The van der Waals surface area contributed by atoms with Gasteiger partial charge >= 0.3 is 0 Å². The molecular formula is C14H19N3O. The predicted octanol–water partition coefficient (Wildman–Crippen LogP) is 1.40. The molecular weight excluding hydrogens is 226 g/mol. The summed E-state index contributed by atoms with van der Waals surface area (Å²) in [5, 5.41) is 7.13. The highest BCUT2D eigenvalue weighted by atomic mass is 16.1. The number of carbonyl (C=O) groups is 1. The number of hydrogen-bond acceptors (Lipinski definition) is 2. The molecule has 1 heterocycles. The lowest BCUT2D eigenvalue weighted by Gasteiger charge is -2.04. The van der Waals surface area contributed by atoms with Crippen molar-refractivity contribution in [3.63, 3.8) is 0 Å². The number of para-hydroxylation sites is 1. The van der Waals surface area contributed by atoms with Crippen molar-refractivity contribution >= 4 is 16.8 Å². The summed E-state index contributed by atoms with van der Waals surface area (Å²) in [6.07, 6.45) is 2.07. The molecule has 0 spiro atoms. The molecule has 4 heteroatoms. The Morgan fingerprint density at radius 1 is 1.33 bits per heavy atom. The van der Waals surface area contributed by atoms with Gasteiger partial charge in [-0.05, 0) is 18.2 Å². The fraction of sp³-hybridized carbons (Fsp3) is 0.357. The number of fused-ring (bicyclic) bond motifs is 1. The Morgan fingerprint density at radius 3 is 2.89 bits per heavy atom. The Labute approximate surface area is 107 Å². The van der Waals surface area contributed by atoms with E-state index < -0.39 is 0 Å². The predicted molar refractivity (Wildman–Crippen MR) is 73.3 cm³/mol. The number of rotatable bonds is 5. The molecule has 1 aromatic heterocycles. The minimum atomic E-state index is 0.0322. The minimum Gasteiger partial charge on any atom is -0.351 e. The lowest BCUT2D eigenvalue weighted by molar-refractivity contribution is -0.120. The molecule has 0 unspecified atom stereocenters. The molecule has 18 heavy (non-hydrogen) atoms. The lowest BCUT2D eigenvalue weighted by Crippen LogP contribution is -2.33. The first-order chi connectivity index (χ1) is 8.72. The standard InChI is InChI=1S/C14H19N3O/c1-3-15-9-14(18)16-8-11-10-17(2)13-7-5-4-6-12(11)13/h4-7,10,15H,3,8-9H2,1-2H3,(H,16,18). The molecule has 2 N–H and O–H groups in total. The Morgan fingerprint density at radius 2 is 2.11 bits per heavy atom. The van der Waals surface area contributed by atoms with E-state index in [9.17, 15) is 4.79 Å². The van der Waals surface area contributed by atoms with Crippen molar-refractivity contribution in [2.75, 3.05) is 13.1 Å². The van der Waals surface area contributed by atoms with E-state index >= 15 is 0 Å². The first-order valence-electron chi connectivity index (χ1n) is 6.22. The van der Waals surface area contributed by atoms with E-state index in [0.29, 0.717) is 13.1 Å². The average molecular weight is 245 g/mol. The van der Waals surface area contributed by atoms with Gasteiger partial charge in [0.15, 0.2) is 0 Å². The van der Waals surface area contributed by atoms with Gasteiger partial charge in [0.1, 0.15) is 0 Å². The Balaban J connectivity index is 2.06. The van der Waals surface area contributed by atoms with Crippen molar-refractivity contribution in [2.45, 2.75) is 13.5 Å². The molecule has 0 fully saturated rings. The monoisotopic (exact) mass is 245 g/mol. The number of aryl methyl sites for hydroxylation is 1. The second-order valence-electron chi connectivity index (χ2n) is 4.34. The smallest absolute Gasteiger partial charge is 0.234 e. The summed E-state index contributed by atoms with van der Waals surface area (Å²) >= 11 is 0. The second kappa shape index (κ2) is 5.69. The van der Waals surface area contributed by atoms with Crippen LogP contribution in [-0.4, -0.2) is 23.6 Å². The fourth-order valence-corrected chi connectivity index (χ4v) is 2.06. The summed E-state index contributed by atoms with van der Waals surface area (Å²) in [5.41, 5.74) is 2.34. The molecule has 0 saturated heterocycles. The first kappa shape index (κ1) is 12.6. The van der Waals surface area contributed by atoms with Crippen LogP contribution in [0, 0.1) is 0 Å². The van der Waals surface area contributed by atoms with Crippen molar-refractivity contribution < 1.29 is 4.79 Å². The van der Waals surface area contributed by atoms with Crippen LogP contribution in [0.2, 0.25) is 0 Å². The van der Waals surface area contributed by atoms with E-state index in [2.05, 4.69) is 33.5 Å². The van der Waals surface area contributed by atoms with Gasteiger partial charge in [0, 0.05) is 30.7 Å². The van der Waals surface area contributed by atoms with E-state index in [4.69, 9.17) is 0 Å². The van der Waals surface area contributed by atoms with Gasteiger partial charge in [-0.1, -0.05) is 25.1 Å². The number of likely N-dealkylation sites (N-methyl/N-ethyl adjacent to an activating group) is 1. The third-order valence-electron chi connectivity index (χ3n) is 2.99. The maximum absolute atomic E-state index is 11.5. The van der Waals surface area contributed by atoms with Crippen LogP contribution < -0.4 is 10.6 Å². The van der Waals surface area contributed by atoms with Crippen molar-refractivity contribution in [2.24, 2.45) is 7.05 Å². The second-order valence-corrected chi connectivity index (χ2v) is 4.34. The zero-order valence-electron chi connectivity index (χ0n) is 10.9. The number of nitrogens with one attached hydrogen (secondary N) is 2. The number of aromatic nitrogens is 1. The summed E-state index contributed by atoms with van der Waals surface area (Å²) < 4.78 is 2.08.